The van der Waals surface area contributed by atoms with Gasteiger partial charge in [0, 0.05) is 25.5 Å². The van der Waals surface area contributed by atoms with Gasteiger partial charge >= 0.3 is 0 Å². The van der Waals surface area contributed by atoms with Gasteiger partial charge in [0.15, 0.2) is 11.5 Å². The lowest BCUT2D eigenvalue weighted by atomic mass is 10.1. The Balaban J connectivity index is 2.00. The van der Waals surface area contributed by atoms with Crippen LogP contribution in [0, 0.1) is 0 Å². The summed E-state index contributed by atoms with van der Waals surface area (Å²) in [4.78, 5) is 0. The van der Waals surface area contributed by atoms with Crippen LogP contribution in [0.4, 0.5) is 0 Å². The van der Waals surface area contributed by atoms with E-state index in [0.717, 1.165) is 28.3 Å². The first-order valence-electron chi connectivity index (χ1n) is 6.03. The van der Waals surface area contributed by atoms with E-state index in [2.05, 4.69) is 12.3 Å². The van der Waals surface area contributed by atoms with Crippen molar-refractivity contribution in [3.8, 4) is 22.6 Å². The molecule has 0 bridgehead atoms. The summed E-state index contributed by atoms with van der Waals surface area (Å²) in [6, 6.07) is 8.12. The standard InChI is InChI=1S/C14H16N2O2/c1-16-9-11(6-12(16)8-15)10-2-3-13-14(7-10)18-5-4-17-13/h2-3,6-7,9H,4-5,8,15H2,1H3. The van der Waals surface area contributed by atoms with Crippen LogP contribution in [0.2, 0.25) is 0 Å². The average molecular weight is 244 g/mol. The number of ether oxygens (including phenoxy) is 2. The van der Waals surface area contributed by atoms with Crippen LogP contribution in [0.1, 0.15) is 5.69 Å². The molecule has 0 radical (unpaired) electrons. The Labute approximate surface area is 106 Å². The highest BCUT2D eigenvalue weighted by atomic mass is 16.6. The molecule has 3 rings (SSSR count). The van der Waals surface area contributed by atoms with Gasteiger partial charge in [-0.2, -0.15) is 0 Å². The maximum atomic E-state index is 5.69. The normalized spacial score (nSPS) is 13.7. The number of nitrogens with two attached hydrogens (primary N) is 1. The van der Waals surface area contributed by atoms with Crippen molar-refractivity contribution in [2.45, 2.75) is 6.54 Å². The van der Waals surface area contributed by atoms with E-state index in [1.165, 1.54) is 0 Å². The highest BCUT2D eigenvalue weighted by molar-refractivity contribution is 5.67. The van der Waals surface area contributed by atoms with E-state index in [9.17, 15) is 0 Å². The SMILES string of the molecule is Cn1cc(-c2ccc3c(c2)OCCO3)cc1CN. The molecule has 0 aliphatic carbocycles. The van der Waals surface area contributed by atoms with Crippen molar-refractivity contribution in [1.29, 1.82) is 0 Å². The number of rotatable bonds is 2. The Morgan fingerprint density at radius 2 is 1.89 bits per heavy atom. The third kappa shape index (κ3) is 1.84. The van der Waals surface area contributed by atoms with Gasteiger partial charge in [-0.25, -0.2) is 0 Å². The molecule has 1 aromatic carbocycles. The fourth-order valence-corrected chi connectivity index (χ4v) is 2.19. The van der Waals surface area contributed by atoms with Gasteiger partial charge in [-0.05, 0) is 29.3 Å². The van der Waals surface area contributed by atoms with E-state index in [0.29, 0.717) is 19.8 Å². The Bertz CT molecular complexity index is 575. The van der Waals surface area contributed by atoms with Crippen molar-refractivity contribution < 1.29 is 9.47 Å². The number of aromatic nitrogens is 1. The van der Waals surface area contributed by atoms with Crippen LogP contribution in [0.25, 0.3) is 11.1 Å². The minimum absolute atomic E-state index is 0.543. The van der Waals surface area contributed by atoms with E-state index in [1.54, 1.807) is 0 Å². The molecule has 2 N–H and O–H groups in total. The van der Waals surface area contributed by atoms with Gasteiger partial charge in [0.1, 0.15) is 13.2 Å². The lowest BCUT2D eigenvalue weighted by Gasteiger charge is -2.18. The Kier molecular flexibility index (Phi) is 2.72. The topological polar surface area (TPSA) is 49.4 Å². The van der Waals surface area contributed by atoms with Crippen LogP contribution in [-0.4, -0.2) is 17.8 Å². The summed E-state index contributed by atoms with van der Waals surface area (Å²) in [5, 5.41) is 0. The molecule has 1 aromatic heterocycles. The quantitative estimate of drug-likeness (QED) is 0.878. The van der Waals surface area contributed by atoms with Gasteiger partial charge in [-0.15, -0.1) is 0 Å². The van der Waals surface area contributed by atoms with Gasteiger partial charge in [0.05, 0.1) is 0 Å². The van der Waals surface area contributed by atoms with Crippen molar-refractivity contribution >= 4 is 0 Å². The monoisotopic (exact) mass is 244 g/mol. The molecule has 1 aliphatic heterocycles. The molecule has 2 heterocycles. The lowest BCUT2D eigenvalue weighted by molar-refractivity contribution is 0.171. The van der Waals surface area contributed by atoms with Crippen LogP contribution in [0.15, 0.2) is 30.5 Å². The second-order valence-corrected chi connectivity index (χ2v) is 4.39. The molecule has 4 heteroatoms. The van der Waals surface area contributed by atoms with Crippen LogP contribution >= 0.6 is 0 Å². The predicted molar refractivity (Wildman–Crippen MR) is 69.7 cm³/mol. The van der Waals surface area contributed by atoms with E-state index in [1.807, 2.05) is 29.8 Å². The summed E-state index contributed by atoms with van der Waals surface area (Å²) in [5.41, 5.74) is 9.07. The highest BCUT2D eigenvalue weighted by Crippen LogP contribution is 2.34. The van der Waals surface area contributed by atoms with Crippen molar-refractivity contribution in [3.63, 3.8) is 0 Å². The second kappa shape index (κ2) is 4.38. The first-order chi connectivity index (χ1) is 8.78. The van der Waals surface area contributed by atoms with Gasteiger partial charge in [0.2, 0.25) is 0 Å². The fraction of sp³-hybridized carbons (Fsp3) is 0.286. The Morgan fingerprint density at radius 1 is 1.11 bits per heavy atom. The molecule has 0 saturated heterocycles. The first kappa shape index (κ1) is 11.2. The molecule has 2 aromatic rings. The molecule has 0 saturated carbocycles. The van der Waals surface area contributed by atoms with Gasteiger partial charge in [-0.1, -0.05) is 6.07 Å². The van der Waals surface area contributed by atoms with Crippen LogP contribution in [0.3, 0.4) is 0 Å². The highest BCUT2D eigenvalue weighted by Gasteiger charge is 2.13. The molecule has 0 fully saturated rings. The predicted octanol–water partition coefficient (Wildman–Crippen LogP) is 1.92. The summed E-state index contributed by atoms with van der Waals surface area (Å²) in [7, 11) is 2.00. The molecule has 4 nitrogen and oxygen atoms in total. The van der Waals surface area contributed by atoms with Crippen LogP contribution in [-0.2, 0) is 13.6 Å². The maximum absolute atomic E-state index is 5.69. The summed E-state index contributed by atoms with van der Waals surface area (Å²) in [5.74, 6) is 1.64. The second-order valence-electron chi connectivity index (χ2n) is 4.39. The van der Waals surface area contributed by atoms with Crippen molar-refractivity contribution in [2.24, 2.45) is 12.8 Å². The largest absolute Gasteiger partial charge is 0.486 e. The van der Waals surface area contributed by atoms with E-state index in [-0.39, 0.29) is 0 Å². The number of benzene rings is 1. The first-order valence-corrected chi connectivity index (χ1v) is 6.03. The summed E-state index contributed by atoms with van der Waals surface area (Å²) in [6.45, 7) is 1.77. The summed E-state index contributed by atoms with van der Waals surface area (Å²) in [6.07, 6.45) is 2.08. The molecule has 1 aliphatic rings. The van der Waals surface area contributed by atoms with Crippen LogP contribution < -0.4 is 15.2 Å². The summed E-state index contributed by atoms with van der Waals surface area (Å²) < 4.78 is 13.2. The fourth-order valence-electron chi connectivity index (χ4n) is 2.19. The summed E-state index contributed by atoms with van der Waals surface area (Å²) >= 11 is 0. The lowest BCUT2D eigenvalue weighted by Crippen LogP contribution is -2.15. The maximum Gasteiger partial charge on any atom is 0.161 e. The minimum Gasteiger partial charge on any atom is -0.486 e. The third-order valence-electron chi connectivity index (χ3n) is 3.19. The van der Waals surface area contributed by atoms with Crippen molar-refractivity contribution in [3.05, 3.63) is 36.2 Å². The number of fused-ring (bicyclic) bond motifs is 1. The molecule has 94 valence electrons. The molecule has 18 heavy (non-hydrogen) atoms. The van der Waals surface area contributed by atoms with E-state index < -0.39 is 0 Å². The van der Waals surface area contributed by atoms with Crippen molar-refractivity contribution in [2.75, 3.05) is 13.2 Å². The van der Waals surface area contributed by atoms with E-state index in [4.69, 9.17) is 15.2 Å². The molecule has 0 amide bonds. The third-order valence-corrected chi connectivity index (χ3v) is 3.19. The Morgan fingerprint density at radius 3 is 2.61 bits per heavy atom. The zero-order valence-electron chi connectivity index (χ0n) is 10.3. The number of hydrogen-bond donors (Lipinski definition) is 1. The minimum atomic E-state index is 0.543. The molecule has 0 spiro atoms. The number of hydrogen-bond acceptors (Lipinski definition) is 3. The van der Waals surface area contributed by atoms with Crippen LogP contribution in [0.5, 0.6) is 11.5 Å². The zero-order chi connectivity index (χ0) is 12.5. The molecular formula is C14H16N2O2. The van der Waals surface area contributed by atoms with Gasteiger partial charge in [0.25, 0.3) is 0 Å². The molecular weight excluding hydrogens is 228 g/mol. The number of nitrogens with zero attached hydrogens (tertiary/aromatic N) is 1. The number of aryl methyl sites for hydroxylation is 1. The van der Waals surface area contributed by atoms with Gasteiger partial charge < -0.3 is 19.8 Å². The zero-order valence-corrected chi connectivity index (χ0v) is 10.3. The van der Waals surface area contributed by atoms with Gasteiger partial charge in [-0.3, -0.25) is 0 Å². The van der Waals surface area contributed by atoms with Crippen molar-refractivity contribution in [1.82, 2.24) is 4.57 Å². The van der Waals surface area contributed by atoms with E-state index >= 15 is 0 Å². The average Bonchev–Trinajstić information content (AvgIpc) is 2.79. The molecule has 0 atom stereocenters. The Hall–Kier alpha value is -1.94. The smallest absolute Gasteiger partial charge is 0.161 e. The molecule has 0 unspecified atom stereocenters.